The zero-order chi connectivity index (χ0) is 21.0. The van der Waals surface area contributed by atoms with Gasteiger partial charge < -0.3 is 25.4 Å². The summed E-state index contributed by atoms with van der Waals surface area (Å²) in [6.07, 6.45) is -1.11. The van der Waals surface area contributed by atoms with Crippen molar-refractivity contribution in [2.45, 2.75) is 19.1 Å². The van der Waals surface area contributed by atoms with Gasteiger partial charge in [0.2, 0.25) is 5.91 Å². The normalized spacial score (nSPS) is 16.2. The zero-order valence-electron chi connectivity index (χ0n) is 15.6. The first-order valence-corrected chi connectivity index (χ1v) is 10.1. The van der Waals surface area contributed by atoms with Crippen molar-refractivity contribution in [2.75, 3.05) is 30.0 Å². The predicted molar refractivity (Wildman–Crippen MR) is 111 cm³/mol. The molecule has 0 bridgehead atoms. The summed E-state index contributed by atoms with van der Waals surface area (Å²) in [5.74, 6) is -1.19. The van der Waals surface area contributed by atoms with E-state index in [-0.39, 0.29) is 12.5 Å². The van der Waals surface area contributed by atoms with Crippen LogP contribution in [0.15, 0.2) is 36.4 Å². The average molecular weight is 438 g/mol. The van der Waals surface area contributed by atoms with Crippen LogP contribution < -0.4 is 15.5 Å². The van der Waals surface area contributed by atoms with Gasteiger partial charge >= 0.3 is 0 Å². The number of thiophene rings is 1. The van der Waals surface area contributed by atoms with Crippen LogP contribution in [-0.4, -0.2) is 54.7 Å². The van der Waals surface area contributed by atoms with Crippen molar-refractivity contribution in [3.8, 4) is 0 Å². The molecule has 1 saturated heterocycles. The number of nitrogens with zero attached hydrogens (tertiary/aromatic N) is 1. The minimum atomic E-state index is -1.15. The van der Waals surface area contributed by atoms with Crippen molar-refractivity contribution in [3.63, 3.8) is 0 Å². The van der Waals surface area contributed by atoms with Crippen molar-refractivity contribution in [1.82, 2.24) is 5.32 Å². The van der Waals surface area contributed by atoms with E-state index in [0.717, 1.165) is 11.3 Å². The highest BCUT2D eigenvalue weighted by Gasteiger charge is 2.27. The summed E-state index contributed by atoms with van der Waals surface area (Å²) >= 11 is 6.91. The Kier molecular flexibility index (Phi) is 6.86. The standard InChI is InChI=1S/C19H20ClN3O5S/c1-11(24)17(22-18(26)14-6-7-15(20)29-14)19(27)21-12-2-4-13(5-3-12)23-8-9-28-10-16(23)25/h2-7,11,17,24H,8-10H2,1H3,(H,21,27)(H,22,26)/t11-,17-/m1/s1. The number of benzene rings is 1. The van der Waals surface area contributed by atoms with Gasteiger partial charge in [-0.25, -0.2) is 0 Å². The molecule has 1 aromatic carbocycles. The first kappa shape index (κ1) is 21.3. The van der Waals surface area contributed by atoms with Crippen LogP contribution in [0.25, 0.3) is 0 Å². The second kappa shape index (κ2) is 9.36. The second-order valence-electron chi connectivity index (χ2n) is 6.43. The number of halogens is 1. The second-order valence-corrected chi connectivity index (χ2v) is 8.14. The maximum absolute atomic E-state index is 12.6. The number of carbonyl (C=O) groups is 3. The molecule has 0 unspecified atom stereocenters. The van der Waals surface area contributed by atoms with E-state index < -0.39 is 24.0 Å². The number of hydrogen-bond acceptors (Lipinski definition) is 6. The molecule has 0 saturated carbocycles. The van der Waals surface area contributed by atoms with Crippen LogP contribution in [0.3, 0.4) is 0 Å². The van der Waals surface area contributed by atoms with Crippen LogP contribution in [0.2, 0.25) is 4.34 Å². The molecule has 8 nitrogen and oxygen atoms in total. The monoisotopic (exact) mass is 437 g/mol. The summed E-state index contributed by atoms with van der Waals surface area (Å²) in [6.45, 7) is 2.39. The largest absolute Gasteiger partial charge is 0.391 e. The molecular weight excluding hydrogens is 418 g/mol. The third-order valence-corrected chi connectivity index (χ3v) is 5.51. The number of aliphatic hydroxyl groups is 1. The lowest BCUT2D eigenvalue weighted by atomic mass is 10.1. The third-order valence-electron chi connectivity index (χ3n) is 4.28. The smallest absolute Gasteiger partial charge is 0.262 e. The Bertz CT molecular complexity index is 900. The minimum Gasteiger partial charge on any atom is -0.391 e. The van der Waals surface area contributed by atoms with Crippen LogP contribution in [-0.2, 0) is 14.3 Å². The van der Waals surface area contributed by atoms with E-state index in [0.29, 0.717) is 33.7 Å². The van der Waals surface area contributed by atoms with E-state index in [9.17, 15) is 19.5 Å². The molecule has 154 valence electrons. The molecule has 10 heteroatoms. The Morgan fingerprint density at radius 3 is 2.55 bits per heavy atom. The first-order chi connectivity index (χ1) is 13.8. The maximum Gasteiger partial charge on any atom is 0.262 e. The number of rotatable bonds is 6. The number of nitrogens with one attached hydrogen (secondary N) is 2. The van der Waals surface area contributed by atoms with E-state index in [2.05, 4.69) is 10.6 Å². The molecule has 1 aliphatic rings. The summed E-state index contributed by atoms with van der Waals surface area (Å²) in [7, 11) is 0. The highest BCUT2D eigenvalue weighted by atomic mass is 35.5. The average Bonchev–Trinajstić information content (AvgIpc) is 3.13. The van der Waals surface area contributed by atoms with Gasteiger partial charge in [-0.3, -0.25) is 14.4 Å². The Morgan fingerprint density at radius 1 is 1.24 bits per heavy atom. The van der Waals surface area contributed by atoms with Gasteiger partial charge in [-0.05, 0) is 43.3 Å². The Morgan fingerprint density at radius 2 is 1.97 bits per heavy atom. The van der Waals surface area contributed by atoms with Crippen molar-refractivity contribution >= 4 is 52.0 Å². The van der Waals surface area contributed by atoms with E-state index in [1.807, 2.05) is 0 Å². The number of anilines is 2. The molecule has 1 aliphatic heterocycles. The van der Waals surface area contributed by atoms with Gasteiger partial charge in [-0.15, -0.1) is 11.3 Å². The fourth-order valence-electron chi connectivity index (χ4n) is 2.79. The van der Waals surface area contributed by atoms with Crippen molar-refractivity contribution in [2.24, 2.45) is 0 Å². The number of amides is 3. The molecule has 3 rings (SSSR count). The van der Waals surface area contributed by atoms with Gasteiger partial charge in [0.25, 0.3) is 11.8 Å². The lowest BCUT2D eigenvalue weighted by Crippen LogP contribution is -2.50. The molecule has 0 aliphatic carbocycles. The van der Waals surface area contributed by atoms with Crippen molar-refractivity contribution in [3.05, 3.63) is 45.6 Å². The molecule has 0 spiro atoms. The summed E-state index contributed by atoms with van der Waals surface area (Å²) in [6, 6.07) is 8.70. The van der Waals surface area contributed by atoms with Crippen LogP contribution >= 0.6 is 22.9 Å². The highest BCUT2D eigenvalue weighted by molar-refractivity contribution is 7.18. The fourth-order valence-corrected chi connectivity index (χ4v) is 3.74. The van der Waals surface area contributed by atoms with Crippen LogP contribution in [0.4, 0.5) is 11.4 Å². The molecule has 1 aromatic heterocycles. The van der Waals surface area contributed by atoms with E-state index >= 15 is 0 Å². The molecule has 29 heavy (non-hydrogen) atoms. The van der Waals surface area contributed by atoms with Gasteiger partial charge in [-0.2, -0.15) is 0 Å². The number of morpholine rings is 1. The fraction of sp³-hybridized carbons (Fsp3) is 0.316. The lowest BCUT2D eigenvalue weighted by Gasteiger charge is -2.27. The Balaban J connectivity index is 1.65. The lowest BCUT2D eigenvalue weighted by molar-refractivity contribution is -0.125. The quantitative estimate of drug-likeness (QED) is 0.639. The van der Waals surface area contributed by atoms with Crippen LogP contribution in [0, 0.1) is 0 Å². The van der Waals surface area contributed by atoms with Gasteiger partial charge in [0.1, 0.15) is 12.6 Å². The van der Waals surface area contributed by atoms with Crippen molar-refractivity contribution < 1.29 is 24.2 Å². The Hall–Kier alpha value is -2.46. The maximum atomic E-state index is 12.6. The topological polar surface area (TPSA) is 108 Å². The number of ether oxygens (including phenoxy) is 1. The molecular formula is C19H20ClN3O5S. The van der Waals surface area contributed by atoms with Crippen LogP contribution in [0.1, 0.15) is 16.6 Å². The van der Waals surface area contributed by atoms with Gasteiger partial charge in [0.15, 0.2) is 0 Å². The van der Waals surface area contributed by atoms with Crippen molar-refractivity contribution in [1.29, 1.82) is 0 Å². The van der Waals surface area contributed by atoms with E-state index in [4.69, 9.17) is 16.3 Å². The summed E-state index contributed by atoms with van der Waals surface area (Å²) < 4.78 is 5.56. The number of carbonyl (C=O) groups excluding carboxylic acids is 3. The van der Waals surface area contributed by atoms with Gasteiger partial charge in [0, 0.05) is 17.9 Å². The van der Waals surface area contributed by atoms with Gasteiger partial charge in [0.05, 0.1) is 21.9 Å². The molecule has 1 fully saturated rings. The molecule has 2 atom stereocenters. The SMILES string of the molecule is C[C@@H](O)[C@@H](NC(=O)c1ccc(Cl)s1)C(=O)Nc1ccc(N2CCOCC2=O)cc1. The zero-order valence-corrected chi connectivity index (χ0v) is 17.1. The molecule has 2 heterocycles. The Labute approximate surface area is 176 Å². The minimum absolute atomic E-state index is 0.0453. The summed E-state index contributed by atoms with van der Waals surface area (Å²) in [4.78, 5) is 38.7. The molecule has 3 amide bonds. The van der Waals surface area contributed by atoms with E-state index in [1.54, 1.807) is 41.3 Å². The molecule has 0 radical (unpaired) electrons. The first-order valence-electron chi connectivity index (χ1n) is 8.88. The molecule has 2 aromatic rings. The van der Waals surface area contributed by atoms with E-state index in [1.165, 1.54) is 6.92 Å². The highest BCUT2D eigenvalue weighted by Crippen LogP contribution is 2.22. The number of hydrogen-bond donors (Lipinski definition) is 3. The number of aliphatic hydroxyl groups excluding tert-OH is 1. The summed E-state index contributed by atoms with van der Waals surface area (Å²) in [5, 5.41) is 15.1. The van der Waals surface area contributed by atoms with Crippen LogP contribution in [0.5, 0.6) is 0 Å². The van der Waals surface area contributed by atoms with Gasteiger partial charge in [-0.1, -0.05) is 11.6 Å². The third kappa shape index (κ3) is 5.33. The predicted octanol–water partition coefficient (Wildman–Crippen LogP) is 1.88. The summed E-state index contributed by atoms with van der Waals surface area (Å²) in [5.41, 5.74) is 1.17. The molecule has 3 N–H and O–H groups in total.